The fourth-order valence-corrected chi connectivity index (χ4v) is 9.82. The van der Waals surface area contributed by atoms with Gasteiger partial charge in [0.05, 0.1) is 24.3 Å². The summed E-state index contributed by atoms with van der Waals surface area (Å²) in [6.45, 7) is 19.2. The maximum Gasteiger partial charge on any atom is 0.408 e. The van der Waals surface area contributed by atoms with Crippen LogP contribution in [0.25, 0.3) is 0 Å². The smallest absolute Gasteiger partial charge is 0.408 e. The second-order valence-electron chi connectivity index (χ2n) is 12.5. The molecule has 1 fully saturated rings. The van der Waals surface area contributed by atoms with Crippen LogP contribution < -0.4 is 5.32 Å². The second kappa shape index (κ2) is 9.99. The molecule has 1 saturated heterocycles. The molecule has 1 aliphatic rings. The van der Waals surface area contributed by atoms with E-state index in [9.17, 15) is 9.59 Å². The highest BCUT2D eigenvalue weighted by Crippen LogP contribution is 2.54. The first-order valence-electron chi connectivity index (χ1n) is 12.0. The average Bonchev–Trinajstić information content (AvgIpc) is 2.65. The molecule has 1 heterocycles. The maximum absolute atomic E-state index is 12.7. The van der Waals surface area contributed by atoms with E-state index in [0.717, 1.165) is 18.4 Å². The van der Waals surface area contributed by atoms with Crippen LogP contribution >= 0.6 is 0 Å². The quantitative estimate of drug-likeness (QED) is 0.468. The van der Waals surface area contributed by atoms with Crippen molar-refractivity contribution in [3.8, 4) is 0 Å². The van der Waals surface area contributed by atoms with Gasteiger partial charge in [0.2, 0.25) is 0 Å². The molecule has 0 spiro atoms. The maximum atomic E-state index is 12.7. The number of carbonyl (C=O) groups is 2. The molecule has 1 aromatic carbocycles. The Labute approximate surface area is 205 Å². The minimum Gasteiger partial charge on any atom is -0.478 e. The SMILES string of the molecule is CC(C)(C)OC(=O)NC1(CCCc2ccc(C(=O)O)cc2)CO[Si](C(C)(C)C)(C(C)(C)C)OC1. The van der Waals surface area contributed by atoms with Gasteiger partial charge >= 0.3 is 20.6 Å². The molecule has 0 atom stereocenters. The van der Waals surface area contributed by atoms with Crippen LogP contribution in [0.15, 0.2) is 24.3 Å². The molecule has 0 radical (unpaired) electrons. The molecule has 2 N–H and O–H groups in total. The van der Waals surface area contributed by atoms with Gasteiger partial charge in [-0.05, 0) is 57.7 Å². The Morgan fingerprint density at radius 3 is 1.88 bits per heavy atom. The van der Waals surface area contributed by atoms with Crippen molar-refractivity contribution >= 4 is 20.6 Å². The third kappa shape index (κ3) is 6.83. The number of hydrogen-bond acceptors (Lipinski definition) is 5. The Kier molecular flexibility index (Phi) is 8.33. The largest absolute Gasteiger partial charge is 0.478 e. The minimum atomic E-state index is -2.64. The normalized spacial score (nSPS) is 18.3. The third-order valence-electron chi connectivity index (χ3n) is 6.17. The standard InChI is InChI=1S/C26H43NO6Si/c1-23(2,3)33-22(30)27-26(16-10-11-19-12-14-20(15-13-19)21(28)29)17-31-34(32-18-26,24(4,5)6)25(7,8)9/h12-15H,10-11,16-18H2,1-9H3,(H,27,30)(H,28,29). The molecule has 0 bridgehead atoms. The highest BCUT2D eigenvalue weighted by atomic mass is 28.4. The zero-order chi connectivity index (χ0) is 26.0. The number of carboxylic acid groups (broad SMARTS) is 1. The first kappa shape index (κ1) is 28.3. The van der Waals surface area contributed by atoms with Gasteiger partial charge in [0, 0.05) is 10.1 Å². The van der Waals surface area contributed by atoms with Crippen LogP contribution in [-0.4, -0.2) is 50.1 Å². The summed E-state index contributed by atoms with van der Waals surface area (Å²) in [6.07, 6.45) is 1.69. The lowest BCUT2D eigenvalue weighted by Gasteiger charge is -2.55. The first-order chi connectivity index (χ1) is 15.4. The van der Waals surface area contributed by atoms with Crippen molar-refractivity contribution < 1.29 is 28.3 Å². The lowest BCUT2D eigenvalue weighted by atomic mass is 9.93. The number of ether oxygens (including phenoxy) is 1. The Balaban J connectivity index is 2.19. The number of carbonyl (C=O) groups excluding carboxylic acids is 1. The molecule has 0 saturated carbocycles. The summed E-state index contributed by atoms with van der Waals surface area (Å²) in [4.78, 5) is 23.8. The predicted molar refractivity (Wildman–Crippen MR) is 136 cm³/mol. The van der Waals surface area contributed by atoms with E-state index in [1.54, 1.807) is 12.1 Å². The van der Waals surface area contributed by atoms with Gasteiger partial charge in [-0.25, -0.2) is 9.59 Å². The molecule has 1 amide bonds. The van der Waals surface area contributed by atoms with E-state index in [-0.39, 0.29) is 15.6 Å². The number of hydrogen-bond donors (Lipinski definition) is 2. The van der Waals surface area contributed by atoms with Gasteiger partial charge in [-0.3, -0.25) is 0 Å². The van der Waals surface area contributed by atoms with Crippen molar-refractivity contribution in [3.05, 3.63) is 35.4 Å². The fraction of sp³-hybridized carbons (Fsp3) is 0.692. The number of aryl methyl sites for hydroxylation is 1. The van der Waals surface area contributed by atoms with Gasteiger partial charge in [-0.1, -0.05) is 53.7 Å². The third-order valence-corrected chi connectivity index (χ3v) is 11.2. The van der Waals surface area contributed by atoms with E-state index in [0.29, 0.717) is 19.6 Å². The van der Waals surface area contributed by atoms with E-state index >= 15 is 0 Å². The predicted octanol–water partition coefficient (Wildman–Crippen LogP) is 6.06. The van der Waals surface area contributed by atoms with E-state index < -0.39 is 31.8 Å². The zero-order valence-electron chi connectivity index (χ0n) is 22.3. The Morgan fingerprint density at radius 2 is 1.47 bits per heavy atom. The fourth-order valence-electron chi connectivity index (χ4n) is 4.80. The molecule has 34 heavy (non-hydrogen) atoms. The summed E-state index contributed by atoms with van der Waals surface area (Å²) >= 11 is 0. The van der Waals surface area contributed by atoms with Crippen molar-refractivity contribution in [2.24, 2.45) is 0 Å². The van der Waals surface area contributed by atoms with Gasteiger partial charge in [-0.2, -0.15) is 0 Å². The average molecular weight is 494 g/mol. The summed E-state index contributed by atoms with van der Waals surface area (Å²) in [7, 11) is -2.64. The molecular weight excluding hydrogens is 450 g/mol. The van der Waals surface area contributed by atoms with Crippen LogP contribution in [0.2, 0.25) is 10.1 Å². The number of rotatable bonds is 6. The molecule has 0 unspecified atom stereocenters. The van der Waals surface area contributed by atoms with Crippen molar-refractivity contribution in [1.29, 1.82) is 0 Å². The lowest BCUT2D eigenvalue weighted by Crippen LogP contribution is -2.69. The van der Waals surface area contributed by atoms with Crippen molar-refractivity contribution in [3.63, 3.8) is 0 Å². The molecule has 0 aromatic heterocycles. The molecular formula is C26H43NO6Si. The van der Waals surface area contributed by atoms with Crippen LogP contribution in [0.1, 0.15) is 91.1 Å². The zero-order valence-corrected chi connectivity index (χ0v) is 23.3. The van der Waals surface area contributed by atoms with Gasteiger partial charge in [-0.15, -0.1) is 0 Å². The summed E-state index contributed by atoms with van der Waals surface area (Å²) in [6, 6.07) is 6.91. The van der Waals surface area contributed by atoms with Gasteiger partial charge in [0.25, 0.3) is 0 Å². The van der Waals surface area contributed by atoms with E-state index in [1.807, 2.05) is 32.9 Å². The van der Waals surface area contributed by atoms with Crippen LogP contribution in [0.5, 0.6) is 0 Å². The van der Waals surface area contributed by atoms with Crippen LogP contribution in [0, 0.1) is 0 Å². The van der Waals surface area contributed by atoms with Crippen molar-refractivity contribution in [1.82, 2.24) is 5.32 Å². The first-order valence-corrected chi connectivity index (χ1v) is 13.8. The minimum absolute atomic E-state index is 0.144. The summed E-state index contributed by atoms with van der Waals surface area (Å²) in [5, 5.41) is 11.9. The molecule has 192 valence electrons. The second-order valence-corrected chi connectivity index (χ2v) is 17.3. The van der Waals surface area contributed by atoms with Gasteiger partial charge in [0.15, 0.2) is 0 Å². The van der Waals surface area contributed by atoms with Crippen LogP contribution in [0.4, 0.5) is 4.79 Å². The number of alkyl carbamates (subject to hydrolysis) is 1. The molecule has 7 nitrogen and oxygen atoms in total. The van der Waals surface area contributed by atoms with E-state index in [2.05, 4.69) is 46.9 Å². The monoisotopic (exact) mass is 493 g/mol. The Bertz CT molecular complexity index is 837. The summed E-state index contributed by atoms with van der Waals surface area (Å²) in [5.41, 5.74) is 0.00821. The summed E-state index contributed by atoms with van der Waals surface area (Å²) < 4.78 is 18.9. The Hall–Kier alpha value is -1.90. The van der Waals surface area contributed by atoms with E-state index in [4.69, 9.17) is 18.7 Å². The molecule has 1 aromatic rings. The number of nitrogens with one attached hydrogen (secondary N) is 1. The van der Waals surface area contributed by atoms with Crippen molar-refractivity contribution in [2.75, 3.05) is 13.2 Å². The number of carboxylic acids is 1. The van der Waals surface area contributed by atoms with Gasteiger partial charge in [0.1, 0.15) is 5.60 Å². The topological polar surface area (TPSA) is 94.1 Å². The molecule has 0 aliphatic carbocycles. The highest BCUT2D eigenvalue weighted by Gasteiger charge is 2.62. The number of benzene rings is 1. The number of aromatic carboxylic acids is 1. The number of amides is 1. The highest BCUT2D eigenvalue weighted by molar-refractivity contribution is 6.73. The van der Waals surface area contributed by atoms with Gasteiger partial charge < -0.3 is 24.0 Å². The molecule has 1 aliphatic heterocycles. The lowest BCUT2D eigenvalue weighted by molar-refractivity contribution is -0.0152. The molecule has 8 heteroatoms. The summed E-state index contributed by atoms with van der Waals surface area (Å²) in [5.74, 6) is -0.936. The molecule has 2 rings (SSSR count). The van der Waals surface area contributed by atoms with Crippen LogP contribution in [0.3, 0.4) is 0 Å². The van der Waals surface area contributed by atoms with Crippen LogP contribution in [-0.2, 0) is 20.0 Å². The van der Waals surface area contributed by atoms with E-state index in [1.165, 1.54) is 0 Å². The Morgan fingerprint density at radius 1 is 0.971 bits per heavy atom. The van der Waals surface area contributed by atoms with Crippen molar-refractivity contribution in [2.45, 2.75) is 103 Å².